The van der Waals surface area contributed by atoms with Gasteiger partial charge in [0.05, 0.1) is 5.56 Å². The van der Waals surface area contributed by atoms with Crippen LogP contribution in [0.1, 0.15) is 27.9 Å². The van der Waals surface area contributed by atoms with Crippen molar-refractivity contribution in [3.05, 3.63) is 65.0 Å². The van der Waals surface area contributed by atoms with E-state index in [-0.39, 0.29) is 17.5 Å². The van der Waals surface area contributed by atoms with Crippen molar-refractivity contribution in [2.24, 2.45) is 0 Å². The van der Waals surface area contributed by atoms with Crippen LogP contribution >= 0.6 is 0 Å². The third-order valence-corrected chi connectivity index (χ3v) is 2.97. The number of pyridine rings is 1. The molecular formula is C15H13F2NO. The van der Waals surface area contributed by atoms with E-state index in [0.717, 1.165) is 5.56 Å². The van der Waals surface area contributed by atoms with E-state index in [1.54, 1.807) is 24.5 Å². The fourth-order valence-electron chi connectivity index (χ4n) is 1.80. The summed E-state index contributed by atoms with van der Waals surface area (Å²) in [5, 5.41) is 0. The van der Waals surface area contributed by atoms with Gasteiger partial charge in [0, 0.05) is 18.8 Å². The summed E-state index contributed by atoms with van der Waals surface area (Å²) in [6, 6.07) is 6.33. The Morgan fingerprint density at radius 1 is 1.11 bits per heavy atom. The topological polar surface area (TPSA) is 30.0 Å². The van der Waals surface area contributed by atoms with Crippen molar-refractivity contribution >= 4 is 5.78 Å². The van der Waals surface area contributed by atoms with Crippen LogP contribution in [0.25, 0.3) is 0 Å². The number of aromatic nitrogens is 1. The Morgan fingerprint density at radius 3 is 2.47 bits per heavy atom. The number of nitrogens with zero attached hydrogens (tertiary/aromatic N) is 1. The molecule has 2 rings (SSSR count). The van der Waals surface area contributed by atoms with Gasteiger partial charge in [-0.2, -0.15) is 0 Å². The smallest absolute Gasteiger partial charge is 0.169 e. The Bertz CT molecular complexity index is 597. The molecule has 0 unspecified atom stereocenters. The molecule has 2 aromatic rings. The summed E-state index contributed by atoms with van der Waals surface area (Å²) in [4.78, 5) is 15.8. The highest BCUT2D eigenvalue weighted by Crippen LogP contribution is 2.17. The second-order valence-corrected chi connectivity index (χ2v) is 4.34. The first-order valence-electron chi connectivity index (χ1n) is 5.96. The van der Waals surface area contributed by atoms with Crippen molar-refractivity contribution in [2.75, 3.05) is 0 Å². The van der Waals surface area contributed by atoms with Crippen LogP contribution in [0.3, 0.4) is 0 Å². The lowest BCUT2D eigenvalue weighted by atomic mass is 10.0. The largest absolute Gasteiger partial charge is 0.294 e. The van der Waals surface area contributed by atoms with Gasteiger partial charge in [0.15, 0.2) is 17.4 Å². The van der Waals surface area contributed by atoms with Crippen LogP contribution < -0.4 is 0 Å². The number of ketones is 1. The van der Waals surface area contributed by atoms with Crippen LogP contribution in [0, 0.1) is 18.6 Å². The van der Waals surface area contributed by atoms with Gasteiger partial charge in [-0.3, -0.25) is 9.78 Å². The minimum atomic E-state index is -1.06. The van der Waals surface area contributed by atoms with Crippen LogP contribution in [0.2, 0.25) is 0 Å². The second kappa shape index (κ2) is 5.69. The molecule has 0 radical (unpaired) electrons. The zero-order valence-corrected chi connectivity index (χ0v) is 10.5. The highest BCUT2D eigenvalue weighted by molar-refractivity contribution is 5.96. The van der Waals surface area contributed by atoms with Gasteiger partial charge in [0.25, 0.3) is 0 Å². The average Bonchev–Trinajstić information content (AvgIpc) is 2.43. The summed E-state index contributed by atoms with van der Waals surface area (Å²) in [6.45, 7) is 1.46. The van der Waals surface area contributed by atoms with Gasteiger partial charge in [0.2, 0.25) is 0 Å². The number of halogens is 2. The zero-order chi connectivity index (χ0) is 13.8. The number of carbonyl (C=O) groups is 1. The predicted molar refractivity (Wildman–Crippen MR) is 68.0 cm³/mol. The van der Waals surface area contributed by atoms with E-state index in [9.17, 15) is 13.6 Å². The van der Waals surface area contributed by atoms with Crippen molar-refractivity contribution in [3.8, 4) is 0 Å². The SMILES string of the molecule is Cc1ccc(C(=O)CCc2ccncc2)c(F)c1F. The Morgan fingerprint density at radius 2 is 1.79 bits per heavy atom. The highest BCUT2D eigenvalue weighted by atomic mass is 19.2. The molecule has 0 amide bonds. The van der Waals surface area contributed by atoms with E-state index in [1.807, 2.05) is 0 Å². The maximum Gasteiger partial charge on any atom is 0.169 e. The number of rotatable bonds is 4. The van der Waals surface area contributed by atoms with E-state index >= 15 is 0 Å². The van der Waals surface area contributed by atoms with Gasteiger partial charge >= 0.3 is 0 Å². The monoisotopic (exact) mass is 261 g/mol. The molecular weight excluding hydrogens is 248 g/mol. The highest BCUT2D eigenvalue weighted by Gasteiger charge is 2.16. The van der Waals surface area contributed by atoms with Crippen LogP contribution in [0.15, 0.2) is 36.7 Å². The van der Waals surface area contributed by atoms with E-state index in [2.05, 4.69) is 4.98 Å². The Kier molecular flexibility index (Phi) is 4.00. The van der Waals surface area contributed by atoms with Gasteiger partial charge in [-0.1, -0.05) is 6.07 Å². The summed E-state index contributed by atoms with van der Waals surface area (Å²) in [5.41, 5.74) is 0.955. The molecule has 0 bridgehead atoms. The molecule has 2 nitrogen and oxygen atoms in total. The second-order valence-electron chi connectivity index (χ2n) is 4.34. The van der Waals surface area contributed by atoms with Crippen molar-refractivity contribution in [2.45, 2.75) is 19.8 Å². The van der Waals surface area contributed by atoms with Crippen LogP contribution in [0.4, 0.5) is 8.78 Å². The van der Waals surface area contributed by atoms with Gasteiger partial charge in [-0.05, 0) is 42.7 Å². The van der Waals surface area contributed by atoms with Gasteiger partial charge < -0.3 is 0 Å². The summed E-state index contributed by atoms with van der Waals surface area (Å²) < 4.78 is 27.0. The Balaban J connectivity index is 2.11. The lowest BCUT2D eigenvalue weighted by Gasteiger charge is -2.05. The first-order valence-corrected chi connectivity index (χ1v) is 5.96. The lowest BCUT2D eigenvalue weighted by molar-refractivity contribution is 0.0978. The molecule has 0 saturated carbocycles. The summed E-state index contributed by atoms with van der Waals surface area (Å²) in [7, 11) is 0. The van der Waals surface area contributed by atoms with Crippen molar-refractivity contribution in [1.29, 1.82) is 0 Å². The number of hydrogen-bond acceptors (Lipinski definition) is 2. The van der Waals surface area contributed by atoms with Gasteiger partial charge in [-0.25, -0.2) is 8.78 Å². The number of Topliss-reactive ketones (excluding diaryl/α,β-unsaturated/α-hetero) is 1. The fraction of sp³-hybridized carbons (Fsp3) is 0.200. The van der Waals surface area contributed by atoms with Gasteiger partial charge in [0.1, 0.15) is 0 Å². The maximum atomic E-state index is 13.6. The molecule has 0 fully saturated rings. The molecule has 4 heteroatoms. The Labute approximate surface area is 110 Å². The fourth-order valence-corrected chi connectivity index (χ4v) is 1.80. The molecule has 1 aromatic heterocycles. The molecule has 0 spiro atoms. The predicted octanol–water partition coefficient (Wildman–Crippen LogP) is 3.48. The van der Waals surface area contributed by atoms with E-state index in [4.69, 9.17) is 0 Å². The third-order valence-electron chi connectivity index (χ3n) is 2.97. The molecule has 0 aliphatic heterocycles. The molecule has 0 N–H and O–H groups in total. The first-order chi connectivity index (χ1) is 9.09. The summed E-state index contributed by atoms with van der Waals surface area (Å²) in [5.74, 6) is -2.40. The first kappa shape index (κ1) is 13.3. The quantitative estimate of drug-likeness (QED) is 0.789. The normalized spacial score (nSPS) is 10.5. The lowest BCUT2D eigenvalue weighted by Crippen LogP contribution is -2.06. The van der Waals surface area contributed by atoms with E-state index in [0.29, 0.717) is 6.42 Å². The zero-order valence-electron chi connectivity index (χ0n) is 10.5. The van der Waals surface area contributed by atoms with E-state index in [1.165, 1.54) is 19.1 Å². The molecule has 98 valence electrons. The summed E-state index contributed by atoms with van der Waals surface area (Å²) in [6.07, 6.45) is 3.89. The number of hydrogen-bond donors (Lipinski definition) is 0. The molecule has 0 atom stereocenters. The van der Waals surface area contributed by atoms with Crippen LogP contribution in [-0.4, -0.2) is 10.8 Å². The molecule has 0 saturated heterocycles. The molecule has 0 aliphatic rings. The third kappa shape index (κ3) is 3.02. The van der Waals surface area contributed by atoms with Crippen molar-refractivity contribution < 1.29 is 13.6 Å². The molecule has 1 heterocycles. The molecule has 1 aromatic carbocycles. The minimum Gasteiger partial charge on any atom is -0.294 e. The standard InChI is InChI=1S/C15H13F2NO/c1-10-2-4-12(15(17)14(10)16)13(19)5-3-11-6-8-18-9-7-11/h2,4,6-9H,3,5H2,1H3. The van der Waals surface area contributed by atoms with E-state index < -0.39 is 17.4 Å². The van der Waals surface area contributed by atoms with Crippen LogP contribution in [0.5, 0.6) is 0 Å². The summed E-state index contributed by atoms with van der Waals surface area (Å²) >= 11 is 0. The molecule has 19 heavy (non-hydrogen) atoms. The molecule has 0 aliphatic carbocycles. The maximum absolute atomic E-state index is 13.6. The van der Waals surface area contributed by atoms with Crippen molar-refractivity contribution in [3.63, 3.8) is 0 Å². The number of carbonyl (C=O) groups excluding carboxylic acids is 1. The van der Waals surface area contributed by atoms with Gasteiger partial charge in [-0.15, -0.1) is 0 Å². The van der Waals surface area contributed by atoms with Crippen LogP contribution in [-0.2, 0) is 6.42 Å². The minimum absolute atomic E-state index is 0.142. The average molecular weight is 261 g/mol. The number of aryl methyl sites for hydroxylation is 2. The number of benzene rings is 1. The Hall–Kier alpha value is -2.10. The van der Waals surface area contributed by atoms with Crippen molar-refractivity contribution in [1.82, 2.24) is 4.98 Å².